The van der Waals surface area contributed by atoms with Gasteiger partial charge in [-0.3, -0.25) is 20.2 Å². The number of amides is 1. The second-order valence-corrected chi connectivity index (χ2v) is 5.98. The Morgan fingerprint density at radius 3 is 2.74 bits per heavy atom. The molecule has 1 amide bonds. The summed E-state index contributed by atoms with van der Waals surface area (Å²) in [5.74, 6) is -1.62. The highest BCUT2D eigenvalue weighted by Crippen LogP contribution is 2.29. The molecule has 2 aromatic rings. The molecule has 0 unspecified atom stereocenters. The van der Waals surface area contributed by atoms with Gasteiger partial charge in [0.15, 0.2) is 5.13 Å². The van der Waals surface area contributed by atoms with Crippen LogP contribution in [-0.4, -0.2) is 39.2 Å². The molecule has 1 atom stereocenters. The van der Waals surface area contributed by atoms with Crippen molar-refractivity contribution in [2.45, 2.75) is 20.0 Å². The molecule has 124 valence electrons. The molecular formula is C14H19N5O3S. The number of nitrogens with two attached hydrogens (primary N) is 1. The second kappa shape index (κ2) is 6.90. The first-order valence-electron chi connectivity index (χ1n) is 6.90. The Balaban J connectivity index is 2.06. The average molecular weight is 337 g/mol. The summed E-state index contributed by atoms with van der Waals surface area (Å²) in [6.07, 6.45) is -1.11. The number of hydrogen-bond donors (Lipinski definition) is 4. The third-order valence-electron chi connectivity index (χ3n) is 3.54. The summed E-state index contributed by atoms with van der Waals surface area (Å²) >= 11 is 1.29. The summed E-state index contributed by atoms with van der Waals surface area (Å²) in [7, 11) is 1.98. The molecule has 0 aromatic carbocycles. The second-order valence-electron chi connectivity index (χ2n) is 5.12. The van der Waals surface area contributed by atoms with Crippen LogP contribution in [0, 0.1) is 13.8 Å². The molecule has 8 nitrogen and oxygen atoms in total. The summed E-state index contributed by atoms with van der Waals surface area (Å²) in [4.78, 5) is 26.7. The van der Waals surface area contributed by atoms with Crippen LogP contribution in [-0.2, 0) is 16.6 Å². The lowest BCUT2D eigenvalue weighted by Crippen LogP contribution is -2.49. The van der Waals surface area contributed by atoms with Crippen molar-refractivity contribution in [1.29, 1.82) is 0 Å². The van der Waals surface area contributed by atoms with Crippen molar-refractivity contribution in [1.82, 2.24) is 14.9 Å². The van der Waals surface area contributed by atoms with Gasteiger partial charge in [-0.25, -0.2) is 4.98 Å². The fourth-order valence-electron chi connectivity index (χ4n) is 2.04. The van der Waals surface area contributed by atoms with E-state index in [1.807, 2.05) is 32.3 Å². The van der Waals surface area contributed by atoms with Crippen molar-refractivity contribution in [2.24, 2.45) is 12.8 Å². The van der Waals surface area contributed by atoms with E-state index < -0.39 is 18.0 Å². The zero-order valence-electron chi connectivity index (χ0n) is 13.1. The van der Waals surface area contributed by atoms with Crippen molar-refractivity contribution in [3.05, 3.63) is 22.8 Å². The molecule has 0 bridgehead atoms. The van der Waals surface area contributed by atoms with Crippen LogP contribution in [0.5, 0.6) is 0 Å². The zero-order valence-corrected chi connectivity index (χ0v) is 13.9. The summed E-state index contributed by atoms with van der Waals surface area (Å²) in [5, 5.41) is 15.8. The van der Waals surface area contributed by atoms with Crippen LogP contribution in [0.1, 0.15) is 11.4 Å². The number of carbonyl (C=O) groups excluding carboxylic acids is 1. The van der Waals surface area contributed by atoms with Gasteiger partial charge in [0.25, 0.3) is 5.91 Å². The highest BCUT2D eigenvalue weighted by atomic mass is 32.1. The Hall–Kier alpha value is -2.23. The standard InChI is InChI=1S/C14H19N5O3S/c1-7-4-9(8(2)19(7)3)10-6-23-14(17-10)18-13(22)12(15)16-5-11(20)21/h4,6,12,16H,5,15H2,1-3H3,(H,20,21)(H,17,18,22)/t12-/m0/s1. The maximum atomic E-state index is 11.9. The van der Waals surface area contributed by atoms with Gasteiger partial charge in [0.2, 0.25) is 0 Å². The van der Waals surface area contributed by atoms with E-state index in [9.17, 15) is 9.59 Å². The van der Waals surface area contributed by atoms with Gasteiger partial charge in [-0.15, -0.1) is 11.3 Å². The molecule has 0 saturated carbocycles. The summed E-state index contributed by atoms with van der Waals surface area (Å²) in [6.45, 7) is 3.63. The monoisotopic (exact) mass is 337 g/mol. The van der Waals surface area contributed by atoms with Crippen molar-refractivity contribution >= 4 is 28.3 Å². The molecule has 2 heterocycles. The van der Waals surface area contributed by atoms with Crippen molar-refractivity contribution in [3.8, 4) is 11.3 Å². The molecule has 5 N–H and O–H groups in total. The highest BCUT2D eigenvalue weighted by Gasteiger charge is 2.17. The number of nitrogens with one attached hydrogen (secondary N) is 2. The van der Waals surface area contributed by atoms with E-state index in [0.717, 1.165) is 22.6 Å². The number of carboxylic acids is 1. The van der Waals surface area contributed by atoms with E-state index in [2.05, 4.69) is 20.2 Å². The van der Waals surface area contributed by atoms with Gasteiger partial charge in [-0.05, 0) is 19.9 Å². The fraction of sp³-hybridized carbons (Fsp3) is 0.357. The minimum Gasteiger partial charge on any atom is -0.480 e. The molecule has 23 heavy (non-hydrogen) atoms. The maximum Gasteiger partial charge on any atom is 0.317 e. The Kier molecular flexibility index (Phi) is 5.14. The lowest BCUT2D eigenvalue weighted by atomic mass is 10.2. The topological polar surface area (TPSA) is 122 Å². The Morgan fingerprint density at radius 2 is 2.17 bits per heavy atom. The minimum atomic E-state index is -1.11. The van der Waals surface area contributed by atoms with E-state index in [4.69, 9.17) is 10.8 Å². The average Bonchev–Trinajstić information content (AvgIpc) is 3.05. The Bertz CT molecular complexity index is 737. The van der Waals surface area contributed by atoms with E-state index in [1.54, 1.807) is 0 Å². The number of aliphatic carboxylic acids is 1. The summed E-state index contributed by atoms with van der Waals surface area (Å²) in [5.41, 5.74) is 9.56. The first kappa shape index (κ1) is 17.1. The van der Waals surface area contributed by atoms with Gasteiger partial charge in [0.05, 0.1) is 12.2 Å². The van der Waals surface area contributed by atoms with Crippen LogP contribution in [0.2, 0.25) is 0 Å². The Labute approximate surface area is 137 Å². The number of anilines is 1. The smallest absolute Gasteiger partial charge is 0.317 e. The van der Waals surface area contributed by atoms with Gasteiger partial charge in [0, 0.05) is 29.4 Å². The third-order valence-corrected chi connectivity index (χ3v) is 4.30. The normalized spacial score (nSPS) is 12.2. The highest BCUT2D eigenvalue weighted by molar-refractivity contribution is 7.14. The molecule has 9 heteroatoms. The predicted molar refractivity (Wildman–Crippen MR) is 88.2 cm³/mol. The lowest BCUT2D eigenvalue weighted by Gasteiger charge is -2.10. The first-order chi connectivity index (χ1) is 10.8. The molecule has 0 spiro atoms. The van der Waals surface area contributed by atoms with Crippen molar-refractivity contribution < 1.29 is 14.7 Å². The van der Waals surface area contributed by atoms with Gasteiger partial charge < -0.3 is 15.4 Å². The fourth-order valence-corrected chi connectivity index (χ4v) is 2.76. The van der Waals surface area contributed by atoms with Crippen LogP contribution >= 0.6 is 11.3 Å². The molecule has 0 aliphatic heterocycles. The SMILES string of the molecule is Cc1cc(-c2csc(NC(=O)[C@@H](N)NCC(=O)O)n2)c(C)n1C. The number of thiazole rings is 1. The Morgan fingerprint density at radius 1 is 1.48 bits per heavy atom. The van der Waals surface area contributed by atoms with Crippen molar-refractivity contribution in [2.75, 3.05) is 11.9 Å². The third kappa shape index (κ3) is 3.95. The number of aryl methyl sites for hydroxylation is 1. The molecule has 0 aliphatic rings. The largest absolute Gasteiger partial charge is 0.480 e. The van der Waals surface area contributed by atoms with Gasteiger partial charge in [0.1, 0.15) is 6.17 Å². The number of carbonyl (C=O) groups is 2. The van der Waals surface area contributed by atoms with E-state index in [1.165, 1.54) is 11.3 Å². The molecule has 0 aliphatic carbocycles. The van der Waals surface area contributed by atoms with Gasteiger partial charge in [-0.2, -0.15) is 0 Å². The van der Waals surface area contributed by atoms with Crippen LogP contribution < -0.4 is 16.4 Å². The van der Waals surface area contributed by atoms with Crippen molar-refractivity contribution in [3.63, 3.8) is 0 Å². The van der Waals surface area contributed by atoms with Gasteiger partial charge >= 0.3 is 5.97 Å². The number of rotatable bonds is 6. The lowest BCUT2D eigenvalue weighted by molar-refractivity contribution is -0.136. The molecule has 2 rings (SSSR count). The maximum absolute atomic E-state index is 11.9. The van der Waals surface area contributed by atoms with E-state index >= 15 is 0 Å². The van der Waals surface area contributed by atoms with Crippen LogP contribution in [0.4, 0.5) is 5.13 Å². The predicted octanol–water partition coefficient (Wildman–Crippen LogP) is 0.663. The number of carboxylic acid groups (broad SMARTS) is 1. The van der Waals surface area contributed by atoms with E-state index in [0.29, 0.717) is 5.13 Å². The molecule has 2 aromatic heterocycles. The van der Waals surface area contributed by atoms with Gasteiger partial charge in [-0.1, -0.05) is 0 Å². The van der Waals surface area contributed by atoms with Crippen LogP contribution in [0.25, 0.3) is 11.3 Å². The molecular weight excluding hydrogens is 318 g/mol. The number of hydrogen-bond acceptors (Lipinski definition) is 6. The van der Waals surface area contributed by atoms with E-state index in [-0.39, 0.29) is 6.54 Å². The molecule has 0 saturated heterocycles. The number of nitrogens with zero attached hydrogens (tertiary/aromatic N) is 2. The quantitative estimate of drug-likeness (QED) is 0.575. The summed E-state index contributed by atoms with van der Waals surface area (Å²) < 4.78 is 2.07. The number of aromatic nitrogens is 2. The first-order valence-corrected chi connectivity index (χ1v) is 7.78. The molecule has 0 fully saturated rings. The molecule has 0 radical (unpaired) electrons. The minimum absolute atomic E-state index is 0.389. The van der Waals surface area contributed by atoms with Crippen LogP contribution in [0.3, 0.4) is 0 Å². The summed E-state index contributed by atoms with van der Waals surface area (Å²) in [6, 6.07) is 2.04. The van der Waals surface area contributed by atoms with Crippen LogP contribution in [0.15, 0.2) is 11.4 Å². The zero-order chi connectivity index (χ0) is 17.1.